The number of aliphatic hydroxyl groups is 1. The van der Waals surface area contributed by atoms with Crippen molar-refractivity contribution < 1.29 is 34.2 Å². The summed E-state index contributed by atoms with van der Waals surface area (Å²) < 4.78 is 0. The molecule has 0 aromatic heterocycles. The number of aliphatic carboxylic acids is 1. The number of carbonyl (C=O) groups is 5. The lowest BCUT2D eigenvalue weighted by molar-refractivity contribution is -0.143. The fraction of sp³-hybridized carbons (Fsp3) is 0.684. The number of carboxylic acid groups (broad SMARTS) is 1. The number of aliphatic imine (C=N–C) groups is 1. The fourth-order valence-electron chi connectivity index (χ4n) is 2.78. The highest BCUT2D eigenvalue weighted by Gasteiger charge is 2.33. The number of primary amides is 1. The van der Waals surface area contributed by atoms with Crippen LogP contribution >= 0.6 is 0 Å². The first kappa shape index (κ1) is 30.5. The molecule has 0 radical (unpaired) electrons. The zero-order valence-corrected chi connectivity index (χ0v) is 19.5. The van der Waals surface area contributed by atoms with E-state index in [4.69, 9.17) is 22.9 Å². The molecule has 15 nitrogen and oxygen atoms in total. The Hall–Kier alpha value is -3.46. The summed E-state index contributed by atoms with van der Waals surface area (Å²) in [6.07, 6.45) is -1.63. The number of amides is 4. The number of carbonyl (C=O) groups excluding carboxylic acids is 4. The third-order valence-electron chi connectivity index (χ3n) is 4.63. The summed E-state index contributed by atoms with van der Waals surface area (Å²) >= 11 is 0. The Balaban J connectivity index is 5.55. The Morgan fingerprint density at radius 3 is 1.88 bits per heavy atom. The van der Waals surface area contributed by atoms with Gasteiger partial charge in [-0.15, -0.1) is 0 Å². The second-order valence-electron chi connectivity index (χ2n) is 8.08. The third-order valence-corrected chi connectivity index (χ3v) is 4.63. The normalized spacial score (nSPS) is 15.2. The number of hydrogen-bond donors (Lipinski definition) is 9. The van der Waals surface area contributed by atoms with Crippen molar-refractivity contribution in [3.63, 3.8) is 0 Å². The number of hydrogen-bond acceptors (Lipinski definition) is 8. The van der Waals surface area contributed by atoms with Crippen LogP contribution in [0.1, 0.15) is 40.0 Å². The van der Waals surface area contributed by atoms with Crippen molar-refractivity contribution >= 4 is 35.6 Å². The van der Waals surface area contributed by atoms with Crippen LogP contribution in [0.5, 0.6) is 0 Å². The first-order valence-corrected chi connectivity index (χ1v) is 10.6. The maximum atomic E-state index is 12.8. The Kier molecular flexibility index (Phi) is 13.2. The van der Waals surface area contributed by atoms with Crippen molar-refractivity contribution in [1.29, 1.82) is 0 Å². The number of carboxylic acids is 1. The molecule has 0 bridgehead atoms. The van der Waals surface area contributed by atoms with Gasteiger partial charge >= 0.3 is 5.97 Å². The molecule has 0 saturated carbocycles. The quantitative estimate of drug-likeness (QED) is 0.0608. The highest BCUT2D eigenvalue weighted by atomic mass is 16.4. The zero-order chi connectivity index (χ0) is 26.6. The summed E-state index contributed by atoms with van der Waals surface area (Å²) in [7, 11) is 0. The molecule has 4 amide bonds. The van der Waals surface area contributed by atoms with Crippen molar-refractivity contribution in [3.8, 4) is 0 Å². The number of rotatable bonds is 15. The van der Waals surface area contributed by atoms with E-state index in [1.54, 1.807) is 13.8 Å². The van der Waals surface area contributed by atoms with E-state index < -0.39 is 72.2 Å². The molecule has 0 heterocycles. The Bertz CT molecular complexity index is 768. The van der Waals surface area contributed by atoms with Gasteiger partial charge in [0.25, 0.3) is 0 Å². The summed E-state index contributed by atoms with van der Waals surface area (Å²) in [6, 6.07) is -5.34. The molecule has 0 rings (SSSR count). The van der Waals surface area contributed by atoms with Gasteiger partial charge in [-0.3, -0.25) is 24.2 Å². The summed E-state index contributed by atoms with van der Waals surface area (Å²) in [5.74, 6) is -5.36. The van der Waals surface area contributed by atoms with Gasteiger partial charge in [-0.25, -0.2) is 4.79 Å². The van der Waals surface area contributed by atoms with E-state index in [-0.39, 0.29) is 25.3 Å². The van der Waals surface area contributed by atoms with E-state index in [9.17, 15) is 34.2 Å². The largest absolute Gasteiger partial charge is 0.480 e. The first-order valence-electron chi connectivity index (χ1n) is 10.6. The van der Waals surface area contributed by atoms with Crippen molar-refractivity contribution in [2.75, 3.05) is 6.54 Å². The summed E-state index contributed by atoms with van der Waals surface area (Å²) in [4.78, 5) is 63.9. The van der Waals surface area contributed by atoms with E-state index >= 15 is 0 Å². The molecule has 0 aromatic rings. The predicted molar refractivity (Wildman–Crippen MR) is 122 cm³/mol. The molecule has 0 fully saturated rings. The van der Waals surface area contributed by atoms with Crippen molar-refractivity contribution in [3.05, 3.63) is 0 Å². The summed E-state index contributed by atoms with van der Waals surface area (Å²) in [5.41, 5.74) is 21.1. The van der Waals surface area contributed by atoms with E-state index in [2.05, 4.69) is 20.9 Å². The van der Waals surface area contributed by atoms with E-state index in [0.29, 0.717) is 0 Å². The molecule has 5 atom stereocenters. The number of nitrogens with two attached hydrogens (primary N) is 4. The molecule has 34 heavy (non-hydrogen) atoms. The van der Waals surface area contributed by atoms with Crippen LogP contribution in [0.25, 0.3) is 0 Å². The first-order chi connectivity index (χ1) is 15.7. The van der Waals surface area contributed by atoms with Crippen molar-refractivity contribution in [1.82, 2.24) is 16.0 Å². The van der Waals surface area contributed by atoms with E-state index in [0.717, 1.165) is 0 Å². The molecule has 0 spiro atoms. The maximum Gasteiger partial charge on any atom is 0.326 e. The van der Waals surface area contributed by atoms with Crippen LogP contribution in [0.4, 0.5) is 0 Å². The van der Waals surface area contributed by atoms with Gasteiger partial charge in [-0.1, -0.05) is 13.8 Å². The molecule has 0 aliphatic carbocycles. The molecule has 194 valence electrons. The van der Waals surface area contributed by atoms with Crippen molar-refractivity contribution in [2.24, 2.45) is 33.8 Å². The van der Waals surface area contributed by atoms with E-state index in [1.807, 2.05) is 0 Å². The molecule has 15 heteroatoms. The van der Waals surface area contributed by atoms with Crippen LogP contribution < -0.4 is 38.9 Å². The zero-order valence-electron chi connectivity index (χ0n) is 19.5. The second-order valence-corrected chi connectivity index (χ2v) is 8.08. The van der Waals surface area contributed by atoms with Crippen LogP contribution in [0.2, 0.25) is 0 Å². The molecule has 5 unspecified atom stereocenters. The number of aliphatic hydroxyl groups excluding tert-OH is 1. The van der Waals surface area contributed by atoms with Crippen molar-refractivity contribution in [2.45, 2.75) is 70.3 Å². The van der Waals surface area contributed by atoms with Gasteiger partial charge in [0.2, 0.25) is 23.6 Å². The fourth-order valence-corrected chi connectivity index (χ4v) is 2.78. The second kappa shape index (κ2) is 14.6. The van der Waals surface area contributed by atoms with Crippen LogP contribution in [-0.4, -0.2) is 82.6 Å². The average Bonchev–Trinajstić information content (AvgIpc) is 2.70. The average molecular weight is 489 g/mol. The lowest BCUT2D eigenvalue weighted by Crippen LogP contribution is -2.60. The SMILES string of the molecule is CC(C)C(NC(=O)C(CCCN=C(N)N)NC(=O)C(NC(=O)C(N)CC(N)=O)C(C)O)C(=O)O. The minimum Gasteiger partial charge on any atom is -0.480 e. The number of nitrogens with one attached hydrogen (secondary N) is 3. The smallest absolute Gasteiger partial charge is 0.326 e. The molecule has 0 aliphatic heterocycles. The minimum absolute atomic E-state index is 0.0143. The summed E-state index contributed by atoms with van der Waals surface area (Å²) in [5, 5.41) is 26.3. The molecular weight excluding hydrogens is 452 g/mol. The highest BCUT2D eigenvalue weighted by Crippen LogP contribution is 2.06. The molecule has 0 saturated heterocycles. The minimum atomic E-state index is -1.53. The lowest BCUT2D eigenvalue weighted by Gasteiger charge is -2.27. The van der Waals surface area contributed by atoms with Gasteiger partial charge in [0.1, 0.15) is 18.1 Å². The van der Waals surface area contributed by atoms with Gasteiger partial charge in [-0.2, -0.15) is 0 Å². The Morgan fingerprint density at radius 1 is 0.882 bits per heavy atom. The van der Waals surface area contributed by atoms with Crippen LogP contribution in [0, 0.1) is 5.92 Å². The molecule has 0 aliphatic rings. The Labute approximate surface area is 197 Å². The summed E-state index contributed by atoms with van der Waals surface area (Å²) in [6.45, 7) is 4.55. The molecular formula is C19H36N8O7. The maximum absolute atomic E-state index is 12.8. The van der Waals surface area contributed by atoms with E-state index in [1.165, 1.54) is 6.92 Å². The predicted octanol–water partition coefficient (Wildman–Crippen LogP) is -4.18. The van der Waals surface area contributed by atoms with Gasteiger partial charge in [0, 0.05) is 6.54 Å². The monoisotopic (exact) mass is 488 g/mol. The topological polar surface area (TPSA) is 278 Å². The Morgan fingerprint density at radius 2 is 1.44 bits per heavy atom. The van der Waals surface area contributed by atoms with Crippen LogP contribution in [0.15, 0.2) is 4.99 Å². The molecule has 0 aromatic carbocycles. The van der Waals surface area contributed by atoms with Crippen LogP contribution in [0.3, 0.4) is 0 Å². The van der Waals surface area contributed by atoms with Gasteiger partial charge in [0.05, 0.1) is 18.6 Å². The highest BCUT2D eigenvalue weighted by molar-refractivity contribution is 5.95. The van der Waals surface area contributed by atoms with Crippen LogP contribution in [-0.2, 0) is 24.0 Å². The lowest BCUT2D eigenvalue weighted by atomic mass is 10.0. The van der Waals surface area contributed by atoms with Gasteiger partial charge in [0.15, 0.2) is 5.96 Å². The number of guanidine groups is 1. The standard InChI is InChI=1S/C19H36N8O7/c1-8(2)13(18(33)34)26-16(31)11(5-4-6-24-19(22)23)25-17(32)14(9(3)28)27-15(30)10(20)7-12(21)29/h8-11,13-14,28H,4-7,20H2,1-3H3,(H2,21,29)(H,25,32)(H,26,31)(H,27,30)(H,33,34)(H4,22,23,24). The molecule has 13 N–H and O–H groups in total. The third kappa shape index (κ3) is 11.4. The number of nitrogens with zero attached hydrogens (tertiary/aromatic N) is 1. The van der Waals surface area contributed by atoms with Gasteiger partial charge < -0.3 is 49.1 Å². The van der Waals surface area contributed by atoms with Gasteiger partial charge in [-0.05, 0) is 25.7 Å².